The van der Waals surface area contributed by atoms with Crippen molar-refractivity contribution in [1.29, 1.82) is 0 Å². The van der Waals surface area contributed by atoms with Crippen LogP contribution in [0, 0.1) is 0 Å². The van der Waals surface area contributed by atoms with Gasteiger partial charge in [-0.2, -0.15) is 0 Å². The van der Waals surface area contributed by atoms with Gasteiger partial charge in [0.05, 0.1) is 0 Å². The molecular weight excluding hydrogens is 335 g/mol. The predicted molar refractivity (Wildman–Crippen MR) is 80.6 cm³/mol. The van der Waals surface area contributed by atoms with E-state index < -0.39 is 0 Å². The molecule has 2 aliphatic rings. The summed E-state index contributed by atoms with van der Waals surface area (Å²) in [5.74, 6) is 0. The van der Waals surface area contributed by atoms with Crippen LogP contribution in [0.5, 0.6) is 0 Å². The molecular formula is C18H26Cl2Ti. The van der Waals surface area contributed by atoms with Crippen LogP contribution in [-0.4, -0.2) is 0 Å². The first-order valence-corrected chi connectivity index (χ1v) is 9.41. The molecule has 0 saturated heterocycles. The van der Waals surface area contributed by atoms with Crippen molar-refractivity contribution in [3.8, 4) is 0 Å². The number of hydrogen-bond acceptors (Lipinski definition) is 0. The van der Waals surface area contributed by atoms with E-state index in [1.54, 1.807) is 30.0 Å². The largest absolute Gasteiger partial charge is 1.00 e. The molecule has 0 atom stereocenters. The first kappa shape index (κ1) is 21.3. The summed E-state index contributed by atoms with van der Waals surface area (Å²) >= 11 is -0.0876. The van der Waals surface area contributed by atoms with Crippen molar-refractivity contribution in [1.82, 2.24) is 0 Å². The standard InChI is InChI=1S/2C9H13.2ClH.Ti/c2*1-3-8-6-5-7-9(8)4-2;;;/h2*5H,3-4,6H2,1-2H3;2*1H;/q;;;;+2/p-2. The normalized spacial score (nSPS) is 17.1. The Balaban J connectivity index is 0.00000200. The van der Waals surface area contributed by atoms with Crippen LogP contribution in [0.2, 0.25) is 0 Å². The number of rotatable bonds is 6. The predicted octanol–water partition coefficient (Wildman–Crippen LogP) is -0.115. The minimum absolute atomic E-state index is 0. The fourth-order valence-corrected chi connectivity index (χ4v) is 5.98. The van der Waals surface area contributed by atoms with Crippen molar-refractivity contribution in [2.75, 3.05) is 0 Å². The number of halogens is 2. The van der Waals surface area contributed by atoms with Crippen LogP contribution >= 0.6 is 0 Å². The van der Waals surface area contributed by atoms with Gasteiger partial charge in [0.15, 0.2) is 0 Å². The van der Waals surface area contributed by atoms with Crippen LogP contribution in [0.25, 0.3) is 0 Å². The van der Waals surface area contributed by atoms with Crippen molar-refractivity contribution >= 4 is 0 Å². The van der Waals surface area contributed by atoms with Crippen LogP contribution < -0.4 is 24.8 Å². The molecule has 0 aromatic rings. The van der Waals surface area contributed by atoms with Gasteiger partial charge >= 0.3 is 128 Å². The molecule has 0 aliphatic heterocycles. The third kappa shape index (κ3) is 4.61. The molecule has 0 nitrogen and oxygen atoms in total. The Morgan fingerprint density at radius 1 is 0.714 bits per heavy atom. The summed E-state index contributed by atoms with van der Waals surface area (Å²) < 4.78 is 3.49. The minimum atomic E-state index is -0.0876. The fraction of sp³-hybridized carbons (Fsp3) is 0.556. The van der Waals surface area contributed by atoms with Gasteiger partial charge in [0.2, 0.25) is 0 Å². The molecule has 3 heteroatoms. The molecule has 0 aromatic carbocycles. The van der Waals surface area contributed by atoms with E-state index in [1.807, 2.05) is 0 Å². The summed E-state index contributed by atoms with van der Waals surface area (Å²) in [5, 5.41) is 0. The van der Waals surface area contributed by atoms with Gasteiger partial charge in [-0.25, -0.2) is 0 Å². The number of allylic oxidation sites excluding steroid dienone is 8. The van der Waals surface area contributed by atoms with E-state index >= 15 is 0 Å². The second kappa shape index (κ2) is 10.1. The molecule has 0 aromatic heterocycles. The van der Waals surface area contributed by atoms with Gasteiger partial charge in [-0.3, -0.25) is 0 Å². The first-order valence-electron chi connectivity index (χ1n) is 7.84. The molecule has 2 aliphatic carbocycles. The maximum absolute atomic E-state index is 2.54. The van der Waals surface area contributed by atoms with Gasteiger partial charge in [-0.15, -0.1) is 0 Å². The Bertz CT molecular complexity index is 437. The molecule has 116 valence electrons. The Hall–Kier alpha value is 0.254. The van der Waals surface area contributed by atoms with Crippen molar-refractivity contribution in [3.63, 3.8) is 0 Å². The van der Waals surface area contributed by atoms with Gasteiger partial charge in [-0.05, 0) is 0 Å². The Labute approximate surface area is 152 Å². The zero-order chi connectivity index (χ0) is 13.8. The second-order valence-electron chi connectivity index (χ2n) is 5.35. The zero-order valence-electron chi connectivity index (χ0n) is 13.7. The van der Waals surface area contributed by atoms with E-state index in [4.69, 9.17) is 0 Å². The Morgan fingerprint density at radius 2 is 1.10 bits per heavy atom. The second-order valence-corrected chi connectivity index (χ2v) is 7.42. The monoisotopic (exact) mass is 360 g/mol. The van der Waals surface area contributed by atoms with Gasteiger partial charge in [0, 0.05) is 0 Å². The first-order chi connectivity index (χ1) is 9.24. The summed E-state index contributed by atoms with van der Waals surface area (Å²) in [5.41, 5.74) is 6.84. The van der Waals surface area contributed by atoms with Crippen LogP contribution in [-0.2, 0) is 19.2 Å². The molecule has 0 heterocycles. The quantitative estimate of drug-likeness (QED) is 0.579. The number of hydrogen-bond donors (Lipinski definition) is 0. The van der Waals surface area contributed by atoms with E-state index in [0.29, 0.717) is 0 Å². The summed E-state index contributed by atoms with van der Waals surface area (Å²) in [6.45, 7) is 9.27. The van der Waals surface area contributed by atoms with E-state index in [1.165, 1.54) is 38.5 Å². The smallest absolute Gasteiger partial charge is 1.00 e. The molecule has 0 bridgehead atoms. The Morgan fingerprint density at radius 3 is 1.38 bits per heavy atom. The van der Waals surface area contributed by atoms with Crippen LogP contribution in [0.15, 0.2) is 42.2 Å². The zero-order valence-corrected chi connectivity index (χ0v) is 16.7. The van der Waals surface area contributed by atoms with Crippen molar-refractivity contribution < 1.29 is 44.0 Å². The molecule has 0 saturated carbocycles. The third-order valence-corrected chi connectivity index (χ3v) is 6.86. The average Bonchev–Trinajstić information content (AvgIpc) is 3.01. The summed E-state index contributed by atoms with van der Waals surface area (Å²) in [6, 6.07) is 0. The maximum Gasteiger partial charge on any atom is -1.00 e. The van der Waals surface area contributed by atoms with Crippen molar-refractivity contribution in [2.45, 2.75) is 66.2 Å². The summed E-state index contributed by atoms with van der Waals surface area (Å²) in [4.78, 5) is 0. The maximum atomic E-state index is 2.54. The topological polar surface area (TPSA) is 0 Å². The molecule has 0 N–H and O–H groups in total. The van der Waals surface area contributed by atoms with Crippen LogP contribution in [0.4, 0.5) is 0 Å². The summed E-state index contributed by atoms with van der Waals surface area (Å²) in [6.07, 6.45) is 12.5. The van der Waals surface area contributed by atoms with E-state index in [9.17, 15) is 0 Å². The van der Waals surface area contributed by atoms with E-state index in [2.05, 4.69) is 39.8 Å². The third-order valence-electron chi connectivity index (χ3n) is 4.44. The molecule has 0 fully saturated rings. The molecule has 0 unspecified atom stereocenters. The SMILES string of the molecule is CCC1=C(CC)[C]([Ti+2][C]2=CCC(CC)=C2CC)=CC1.[Cl-].[Cl-]. The van der Waals surface area contributed by atoms with Crippen molar-refractivity contribution in [2.24, 2.45) is 0 Å². The van der Waals surface area contributed by atoms with E-state index in [-0.39, 0.29) is 44.0 Å². The molecule has 21 heavy (non-hydrogen) atoms. The average molecular weight is 361 g/mol. The van der Waals surface area contributed by atoms with E-state index in [0.717, 1.165) is 0 Å². The molecule has 0 radical (unpaired) electrons. The Kier molecular flexibility index (Phi) is 10.2. The van der Waals surface area contributed by atoms with Gasteiger partial charge in [-0.1, -0.05) is 0 Å². The fourth-order valence-electron chi connectivity index (χ4n) is 3.32. The molecule has 2 rings (SSSR count). The van der Waals surface area contributed by atoms with Gasteiger partial charge < -0.3 is 24.8 Å². The van der Waals surface area contributed by atoms with Gasteiger partial charge in [0.1, 0.15) is 0 Å². The van der Waals surface area contributed by atoms with Crippen LogP contribution in [0.3, 0.4) is 0 Å². The minimum Gasteiger partial charge on any atom is -1.00 e. The van der Waals surface area contributed by atoms with Crippen LogP contribution in [0.1, 0.15) is 66.2 Å². The summed E-state index contributed by atoms with van der Waals surface area (Å²) in [7, 11) is 0. The van der Waals surface area contributed by atoms with Gasteiger partial charge in [0.25, 0.3) is 0 Å². The van der Waals surface area contributed by atoms with Crippen molar-refractivity contribution in [3.05, 3.63) is 42.2 Å². The molecule has 0 spiro atoms. The molecule has 0 amide bonds.